The predicted octanol–water partition coefficient (Wildman–Crippen LogP) is 3.02. The van der Waals surface area contributed by atoms with Crippen LogP contribution in [0.15, 0.2) is 23.2 Å². The van der Waals surface area contributed by atoms with Crippen LogP contribution in [-0.4, -0.2) is 40.4 Å². The van der Waals surface area contributed by atoms with Gasteiger partial charge in [0.15, 0.2) is 5.96 Å². The SMILES string of the molecule is CC1(C)CC(=O)N(C[C@@H]2C[C@H]2C(=O)N[C@H]2CC(C)(C)Oc3ccc(Cl)cc32)C(N)=N1. The zero-order valence-electron chi connectivity index (χ0n) is 17.9. The molecule has 2 amide bonds. The average Bonchev–Trinajstić information content (AvgIpc) is 3.37. The minimum absolute atomic E-state index is 0.00563. The van der Waals surface area contributed by atoms with Crippen LogP contribution in [0.1, 0.15) is 58.6 Å². The van der Waals surface area contributed by atoms with Gasteiger partial charge in [-0.15, -0.1) is 0 Å². The van der Waals surface area contributed by atoms with Gasteiger partial charge in [-0.3, -0.25) is 14.5 Å². The maximum absolute atomic E-state index is 12.9. The van der Waals surface area contributed by atoms with Crippen molar-refractivity contribution in [1.82, 2.24) is 10.2 Å². The highest BCUT2D eigenvalue weighted by Gasteiger charge is 2.47. The van der Waals surface area contributed by atoms with Crippen LogP contribution >= 0.6 is 11.6 Å². The Morgan fingerprint density at radius 3 is 2.80 bits per heavy atom. The molecule has 1 aliphatic carbocycles. The van der Waals surface area contributed by atoms with E-state index < -0.39 is 5.54 Å². The number of nitrogens with zero attached hydrogens (tertiary/aromatic N) is 2. The van der Waals surface area contributed by atoms with E-state index in [-0.39, 0.29) is 41.3 Å². The summed E-state index contributed by atoms with van der Waals surface area (Å²) in [5.41, 5.74) is 6.06. The van der Waals surface area contributed by atoms with Crippen LogP contribution in [0.3, 0.4) is 0 Å². The molecule has 0 radical (unpaired) electrons. The second-order valence-corrected chi connectivity index (χ2v) is 10.3. The molecule has 0 unspecified atom stereocenters. The third-order valence-corrected chi connectivity index (χ3v) is 6.24. The zero-order valence-corrected chi connectivity index (χ0v) is 18.6. The van der Waals surface area contributed by atoms with Crippen molar-refractivity contribution in [3.63, 3.8) is 0 Å². The summed E-state index contributed by atoms with van der Waals surface area (Å²) in [4.78, 5) is 31.3. The number of hydrogen-bond acceptors (Lipinski definition) is 5. The van der Waals surface area contributed by atoms with E-state index >= 15 is 0 Å². The van der Waals surface area contributed by atoms with Gasteiger partial charge in [0.1, 0.15) is 11.4 Å². The van der Waals surface area contributed by atoms with Crippen molar-refractivity contribution in [2.24, 2.45) is 22.6 Å². The standard InChI is InChI=1S/C22H29ClN4O3/c1-21(2)10-18(28)27(20(24)26-21)11-12-7-14(12)19(29)25-16-9-22(3,4)30-17-6-5-13(23)8-15(16)17/h5-6,8,12,14,16H,7,9-11H2,1-4H3,(H2,24,26)(H,25,29)/t12-,14+,16-/m0/s1. The van der Waals surface area contributed by atoms with Gasteiger partial charge in [0.05, 0.1) is 18.0 Å². The molecule has 1 aromatic rings. The maximum atomic E-state index is 12.9. The van der Waals surface area contributed by atoms with Crippen molar-refractivity contribution >= 4 is 29.4 Å². The van der Waals surface area contributed by atoms with E-state index in [0.717, 1.165) is 17.7 Å². The summed E-state index contributed by atoms with van der Waals surface area (Å²) in [6.07, 6.45) is 1.72. The van der Waals surface area contributed by atoms with Crippen LogP contribution in [0.2, 0.25) is 5.02 Å². The van der Waals surface area contributed by atoms with Crippen molar-refractivity contribution in [1.29, 1.82) is 0 Å². The number of nitrogens with one attached hydrogen (secondary N) is 1. The summed E-state index contributed by atoms with van der Waals surface area (Å²) in [6.45, 7) is 8.23. The van der Waals surface area contributed by atoms with Gasteiger partial charge in [0.25, 0.3) is 0 Å². The molecule has 0 spiro atoms. The number of halogens is 1. The molecule has 0 saturated heterocycles. The lowest BCUT2D eigenvalue weighted by Crippen LogP contribution is -2.50. The van der Waals surface area contributed by atoms with Gasteiger partial charge in [-0.2, -0.15) is 0 Å². The second-order valence-electron chi connectivity index (χ2n) is 9.88. The Hall–Kier alpha value is -2.28. The molecular formula is C22H29ClN4O3. The lowest BCUT2D eigenvalue weighted by Gasteiger charge is -2.38. The summed E-state index contributed by atoms with van der Waals surface area (Å²) >= 11 is 6.17. The molecule has 4 rings (SSSR count). The predicted molar refractivity (Wildman–Crippen MR) is 115 cm³/mol. The number of rotatable bonds is 4. The van der Waals surface area contributed by atoms with Crippen molar-refractivity contribution in [2.75, 3.05) is 6.54 Å². The molecule has 162 valence electrons. The monoisotopic (exact) mass is 432 g/mol. The van der Waals surface area contributed by atoms with Crippen LogP contribution in [0.5, 0.6) is 5.75 Å². The highest BCUT2D eigenvalue weighted by Crippen LogP contribution is 2.43. The molecule has 0 aromatic heterocycles. The third kappa shape index (κ3) is 4.26. The van der Waals surface area contributed by atoms with Gasteiger partial charge in [-0.25, -0.2) is 4.99 Å². The molecule has 1 aromatic carbocycles. The summed E-state index contributed by atoms with van der Waals surface area (Å²) in [5, 5.41) is 3.79. The number of guanidine groups is 1. The van der Waals surface area contributed by atoms with Crippen molar-refractivity contribution in [3.8, 4) is 5.75 Å². The fraction of sp³-hybridized carbons (Fsp3) is 0.591. The van der Waals surface area contributed by atoms with Crippen molar-refractivity contribution < 1.29 is 14.3 Å². The summed E-state index contributed by atoms with van der Waals surface area (Å²) in [5.74, 6) is 0.919. The molecule has 3 aliphatic rings. The van der Waals surface area contributed by atoms with Crippen molar-refractivity contribution in [2.45, 2.75) is 64.1 Å². The number of hydrogen-bond donors (Lipinski definition) is 2. The Balaban J connectivity index is 1.42. The Kier molecular flexibility index (Phi) is 5.00. The summed E-state index contributed by atoms with van der Waals surface area (Å²) < 4.78 is 6.04. The molecule has 30 heavy (non-hydrogen) atoms. The number of ether oxygens (including phenoxy) is 1. The van der Waals surface area contributed by atoms with Gasteiger partial charge in [0.2, 0.25) is 11.8 Å². The van der Waals surface area contributed by atoms with Gasteiger partial charge in [0, 0.05) is 29.5 Å². The number of aliphatic imine (C=N–C) groups is 1. The topological polar surface area (TPSA) is 97.0 Å². The number of amides is 2. The van der Waals surface area contributed by atoms with Gasteiger partial charge in [-0.1, -0.05) is 11.6 Å². The molecule has 0 bridgehead atoms. The van der Waals surface area contributed by atoms with Gasteiger partial charge in [-0.05, 0) is 58.2 Å². The lowest BCUT2D eigenvalue weighted by atomic mass is 9.89. The molecule has 3 N–H and O–H groups in total. The summed E-state index contributed by atoms with van der Waals surface area (Å²) in [6, 6.07) is 5.33. The minimum atomic E-state index is -0.470. The second kappa shape index (κ2) is 7.15. The first-order valence-electron chi connectivity index (χ1n) is 10.4. The first-order valence-corrected chi connectivity index (χ1v) is 10.8. The van der Waals surface area contributed by atoms with E-state index in [1.54, 1.807) is 6.07 Å². The fourth-order valence-electron chi connectivity index (χ4n) is 4.44. The minimum Gasteiger partial charge on any atom is -0.487 e. The molecule has 1 fully saturated rings. The number of benzene rings is 1. The number of carbonyl (C=O) groups is 2. The Morgan fingerprint density at radius 2 is 2.10 bits per heavy atom. The smallest absolute Gasteiger partial charge is 0.231 e. The molecular weight excluding hydrogens is 404 g/mol. The van der Waals surface area contributed by atoms with E-state index in [1.807, 2.05) is 39.8 Å². The first-order chi connectivity index (χ1) is 13.9. The van der Waals surface area contributed by atoms with Crippen LogP contribution in [0.4, 0.5) is 0 Å². The largest absolute Gasteiger partial charge is 0.487 e. The van der Waals surface area contributed by atoms with E-state index in [9.17, 15) is 9.59 Å². The van der Waals surface area contributed by atoms with Crippen LogP contribution < -0.4 is 15.8 Å². The summed E-state index contributed by atoms with van der Waals surface area (Å²) in [7, 11) is 0. The fourth-order valence-corrected chi connectivity index (χ4v) is 4.62. The molecule has 8 heteroatoms. The van der Waals surface area contributed by atoms with Crippen molar-refractivity contribution in [3.05, 3.63) is 28.8 Å². The highest BCUT2D eigenvalue weighted by molar-refractivity contribution is 6.30. The molecule has 1 saturated carbocycles. The first kappa shape index (κ1) is 21.0. The Bertz CT molecular complexity index is 927. The Morgan fingerprint density at radius 1 is 1.37 bits per heavy atom. The van der Waals surface area contributed by atoms with E-state index in [2.05, 4.69) is 10.3 Å². The van der Waals surface area contributed by atoms with E-state index in [1.165, 1.54) is 4.90 Å². The number of fused-ring (bicyclic) bond motifs is 1. The van der Waals surface area contributed by atoms with Crippen LogP contribution in [-0.2, 0) is 9.59 Å². The van der Waals surface area contributed by atoms with Crippen LogP contribution in [0.25, 0.3) is 0 Å². The van der Waals surface area contributed by atoms with Gasteiger partial charge < -0.3 is 15.8 Å². The quantitative estimate of drug-likeness (QED) is 0.764. The zero-order chi connectivity index (χ0) is 21.8. The van der Waals surface area contributed by atoms with Crippen LogP contribution in [0, 0.1) is 11.8 Å². The third-order valence-electron chi connectivity index (χ3n) is 6.00. The number of carbonyl (C=O) groups excluding carboxylic acids is 2. The van der Waals surface area contributed by atoms with E-state index in [0.29, 0.717) is 24.4 Å². The highest BCUT2D eigenvalue weighted by atomic mass is 35.5. The molecule has 2 heterocycles. The number of nitrogens with two attached hydrogens (primary N) is 1. The average molecular weight is 433 g/mol. The normalized spacial score (nSPS) is 28.8. The van der Waals surface area contributed by atoms with Gasteiger partial charge >= 0.3 is 0 Å². The Labute approximate surface area is 182 Å². The maximum Gasteiger partial charge on any atom is 0.231 e. The molecule has 2 aliphatic heterocycles. The van der Waals surface area contributed by atoms with E-state index in [4.69, 9.17) is 22.1 Å². The lowest BCUT2D eigenvalue weighted by molar-refractivity contribution is -0.130. The molecule has 7 nitrogen and oxygen atoms in total. The molecule has 3 atom stereocenters.